The van der Waals surface area contributed by atoms with E-state index in [2.05, 4.69) is 63.5 Å². The molecule has 1 aromatic carbocycles. The van der Waals surface area contributed by atoms with E-state index in [1.807, 2.05) is 6.08 Å². The zero-order chi connectivity index (χ0) is 12.9. The van der Waals surface area contributed by atoms with Gasteiger partial charge < -0.3 is 0 Å². The van der Waals surface area contributed by atoms with Crippen LogP contribution in [0, 0.1) is 5.92 Å². The van der Waals surface area contributed by atoms with E-state index in [9.17, 15) is 0 Å². The molecule has 0 fully saturated rings. The molecule has 1 unspecified atom stereocenters. The molecule has 1 heteroatoms. The van der Waals surface area contributed by atoms with Crippen molar-refractivity contribution in [1.29, 1.82) is 0 Å². The third-order valence-corrected chi connectivity index (χ3v) is 6.87. The van der Waals surface area contributed by atoms with Crippen molar-refractivity contribution in [3.8, 4) is 0 Å². The largest absolute Gasteiger partial charge is 0.103 e. The lowest BCUT2D eigenvalue weighted by molar-refractivity contribution is 0.687. The number of allylic oxidation sites excluding steroid dienone is 2. The van der Waals surface area contributed by atoms with E-state index in [1.165, 1.54) is 16.8 Å². The Labute approximate surface area is 107 Å². The van der Waals surface area contributed by atoms with Gasteiger partial charge in [-0.3, -0.25) is 0 Å². The smallest absolute Gasteiger partial charge is 0.0812 e. The van der Waals surface area contributed by atoms with Gasteiger partial charge in [0.2, 0.25) is 0 Å². The van der Waals surface area contributed by atoms with Gasteiger partial charge in [-0.05, 0) is 25.3 Å². The van der Waals surface area contributed by atoms with E-state index >= 15 is 0 Å². The van der Waals surface area contributed by atoms with Crippen LogP contribution in [0.15, 0.2) is 55.1 Å². The zero-order valence-corrected chi connectivity index (χ0v) is 12.4. The van der Waals surface area contributed by atoms with Crippen molar-refractivity contribution in [2.24, 2.45) is 5.92 Å². The number of hydrogen-bond donors (Lipinski definition) is 0. The fourth-order valence-electron chi connectivity index (χ4n) is 2.28. The van der Waals surface area contributed by atoms with Crippen molar-refractivity contribution in [1.82, 2.24) is 0 Å². The second-order valence-corrected chi connectivity index (χ2v) is 10.3. The first-order valence-corrected chi connectivity index (χ1v) is 9.50. The van der Waals surface area contributed by atoms with Crippen LogP contribution in [0.2, 0.25) is 19.1 Å². The standard InChI is InChI=1S/C16H24Si/c1-6-10-15(14(2)3)13-17(4,5)16-11-8-7-9-12-16/h6-9,11-12,15H,1-2,10,13H2,3-5H3. The van der Waals surface area contributed by atoms with Gasteiger partial charge in [-0.1, -0.05) is 66.8 Å². The van der Waals surface area contributed by atoms with Crippen LogP contribution >= 0.6 is 0 Å². The summed E-state index contributed by atoms with van der Waals surface area (Å²) in [6.07, 6.45) is 3.08. The van der Waals surface area contributed by atoms with E-state index in [0.717, 1.165) is 6.42 Å². The third-order valence-electron chi connectivity index (χ3n) is 3.46. The Bertz CT molecular complexity index is 376. The SMILES string of the molecule is C=CCC(C[Si](C)(C)c1ccccc1)C(=C)C. The monoisotopic (exact) mass is 244 g/mol. The van der Waals surface area contributed by atoms with E-state index < -0.39 is 8.07 Å². The maximum atomic E-state index is 4.13. The maximum Gasteiger partial charge on any atom is 0.0812 e. The van der Waals surface area contributed by atoms with Crippen LogP contribution < -0.4 is 5.19 Å². The van der Waals surface area contributed by atoms with Crippen molar-refractivity contribution in [3.63, 3.8) is 0 Å². The minimum Gasteiger partial charge on any atom is -0.103 e. The summed E-state index contributed by atoms with van der Waals surface area (Å²) in [5.74, 6) is 0.592. The van der Waals surface area contributed by atoms with Crippen molar-refractivity contribution in [3.05, 3.63) is 55.1 Å². The molecule has 0 nitrogen and oxygen atoms in total. The van der Waals surface area contributed by atoms with Gasteiger partial charge in [0.05, 0.1) is 8.07 Å². The molecule has 92 valence electrons. The molecule has 0 saturated heterocycles. The topological polar surface area (TPSA) is 0 Å². The third kappa shape index (κ3) is 4.01. The van der Waals surface area contributed by atoms with Crippen LogP contribution in [0.5, 0.6) is 0 Å². The van der Waals surface area contributed by atoms with Crippen LogP contribution in [0.25, 0.3) is 0 Å². The summed E-state index contributed by atoms with van der Waals surface area (Å²) in [6.45, 7) is 15.0. The van der Waals surface area contributed by atoms with E-state index in [1.54, 1.807) is 0 Å². The second-order valence-electron chi connectivity index (χ2n) is 5.52. The Morgan fingerprint density at radius 2 is 1.88 bits per heavy atom. The fraction of sp³-hybridized carbons (Fsp3) is 0.375. The molecular weight excluding hydrogens is 220 g/mol. The minimum absolute atomic E-state index is 0.592. The lowest BCUT2D eigenvalue weighted by Gasteiger charge is -2.28. The highest BCUT2D eigenvalue weighted by Crippen LogP contribution is 2.25. The van der Waals surface area contributed by atoms with Gasteiger partial charge in [0.1, 0.15) is 0 Å². The zero-order valence-electron chi connectivity index (χ0n) is 11.4. The average Bonchev–Trinajstić information content (AvgIpc) is 2.29. The molecule has 0 aliphatic heterocycles. The maximum absolute atomic E-state index is 4.13. The number of hydrogen-bond acceptors (Lipinski definition) is 0. The normalized spacial score (nSPS) is 13.1. The molecule has 0 radical (unpaired) electrons. The lowest BCUT2D eigenvalue weighted by Crippen LogP contribution is -2.42. The lowest BCUT2D eigenvalue weighted by atomic mass is 10.0. The molecule has 1 aromatic rings. The van der Waals surface area contributed by atoms with Crippen molar-refractivity contribution in [2.45, 2.75) is 32.5 Å². The Morgan fingerprint density at radius 1 is 1.29 bits per heavy atom. The predicted octanol–water partition coefficient (Wildman–Crippen LogP) is 4.37. The number of benzene rings is 1. The van der Waals surface area contributed by atoms with Gasteiger partial charge in [-0.25, -0.2) is 0 Å². The highest BCUT2D eigenvalue weighted by atomic mass is 28.3. The molecule has 0 aromatic heterocycles. The molecule has 0 amide bonds. The van der Waals surface area contributed by atoms with Crippen LogP contribution in [-0.2, 0) is 0 Å². The van der Waals surface area contributed by atoms with Gasteiger partial charge in [0, 0.05) is 0 Å². The van der Waals surface area contributed by atoms with Crippen molar-refractivity contribution >= 4 is 13.3 Å². The molecule has 0 aliphatic carbocycles. The first kappa shape index (κ1) is 14.0. The number of rotatable bonds is 6. The van der Waals surface area contributed by atoms with Crippen molar-refractivity contribution in [2.75, 3.05) is 0 Å². The van der Waals surface area contributed by atoms with Crippen molar-refractivity contribution < 1.29 is 0 Å². The first-order valence-electron chi connectivity index (χ1n) is 6.29. The molecule has 17 heavy (non-hydrogen) atoms. The highest BCUT2D eigenvalue weighted by molar-refractivity contribution is 6.89. The molecule has 0 saturated carbocycles. The molecular formula is C16H24Si. The minimum atomic E-state index is -1.35. The van der Waals surface area contributed by atoms with Gasteiger partial charge in [-0.2, -0.15) is 0 Å². The van der Waals surface area contributed by atoms with Crippen LogP contribution in [-0.4, -0.2) is 8.07 Å². The van der Waals surface area contributed by atoms with Gasteiger partial charge in [0.15, 0.2) is 0 Å². The summed E-state index contributed by atoms with van der Waals surface area (Å²) in [5, 5.41) is 1.54. The first-order chi connectivity index (χ1) is 7.97. The van der Waals surface area contributed by atoms with E-state index in [-0.39, 0.29) is 0 Å². The summed E-state index contributed by atoms with van der Waals surface area (Å²) in [7, 11) is -1.35. The Hall–Kier alpha value is -1.08. The summed E-state index contributed by atoms with van der Waals surface area (Å²) in [5.41, 5.74) is 1.29. The van der Waals surface area contributed by atoms with Crippen LogP contribution in [0.1, 0.15) is 13.3 Å². The quantitative estimate of drug-likeness (QED) is 0.515. The Balaban J connectivity index is 2.84. The molecule has 1 atom stereocenters. The van der Waals surface area contributed by atoms with E-state index in [0.29, 0.717) is 5.92 Å². The molecule has 0 aliphatic rings. The summed E-state index contributed by atoms with van der Waals surface area (Å²) in [6, 6.07) is 12.2. The molecule has 0 bridgehead atoms. The Kier molecular flexibility index (Phi) is 4.95. The van der Waals surface area contributed by atoms with Gasteiger partial charge in [-0.15, -0.1) is 6.58 Å². The Morgan fingerprint density at radius 3 is 2.35 bits per heavy atom. The average molecular weight is 244 g/mol. The summed E-state index contributed by atoms with van der Waals surface area (Å²) in [4.78, 5) is 0. The van der Waals surface area contributed by atoms with Crippen LogP contribution in [0.4, 0.5) is 0 Å². The van der Waals surface area contributed by atoms with Gasteiger partial charge >= 0.3 is 0 Å². The summed E-state index contributed by atoms with van der Waals surface area (Å²) >= 11 is 0. The fourth-order valence-corrected chi connectivity index (χ4v) is 5.36. The highest BCUT2D eigenvalue weighted by Gasteiger charge is 2.27. The molecule has 1 rings (SSSR count). The molecule has 0 heterocycles. The van der Waals surface area contributed by atoms with Gasteiger partial charge in [0.25, 0.3) is 0 Å². The predicted molar refractivity (Wildman–Crippen MR) is 81.5 cm³/mol. The molecule has 0 N–H and O–H groups in total. The van der Waals surface area contributed by atoms with Crippen LogP contribution in [0.3, 0.4) is 0 Å². The van der Waals surface area contributed by atoms with E-state index in [4.69, 9.17) is 0 Å². The molecule has 0 spiro atoms. The second kappa shape index (κ2) is 6.01. The summed E-state index contributed by atoms with van der Waals surface area (Å²) < 4.78 is 0.